The summed E-state index contributed by atoms with van der Waals surface area (Å²) in [5.41, 5.74) is 6.37. The molecule has 2 N–H and O–H groups in total. The Morgan fingerprint density at radius 1 is 1.25 bits per heavy atom. The summed E-state index contributed by atoms with van der Waals surface area (Å²) in [6.07, 6.45) is 5.09. The van der Waals surface area contributed by atoms with Gasteiger partial charge < -0.3 is 15.2 Å². The standard InChI is InChI=1S/C15H21ClFNO2/c1-19-11-8-10(17)13(16)12(14(11)20-2)15(9-18)6-4-3-5-7-15/h8H,3-7,9,18H2,1-2H3. The molecule has 0 bridgehead atoms. The monoisotopic (exact) mass is 301 g/mol. The Morgan fingerprint density at radius 2 is 1.90 bits per heavy atom. The van der Waals surface area contributed by atoms with E-state index in [0.717, 1.165) is 25.7 Å². The van der Waals surface area contributed by atoms with Crippen molar-refractivity contribution in [1.82, 2.24) is 0 Å². The third kappa shape index (κ3) is 2.47. The normalized spacial score (nSPS) is 17.9. The molecule has 0 radical (unpaired) electrons. The topological polar surface area (TPSA) is 44.5 Å². The molecule has 0 amide bonds. The third-order valence-corrected chi connectivity index (χ3v) is 4.66. The minimum absolute atomic E-state index is 0.106. The molecular weight excluding hydrogens is 281 g/mol. The van der Waals surface area contributed by atoms with E-state index in [1.165, 1.54) is 19.6 Å². The molecule has 0 unspecified atom stereocenters. The van der Waals surface area contributed by atoms with Gasteiger partial charge in [0.25, 0.3) is 0 Å². The van der Waals surface area contributed by atoms with Crippen molar-refractivity contribution in [1.29, 1.82) is 0 Å². The lowest BCUT2D eigenvalue weighted by molar-refractivity contribution is 0.279. The second-order valence-corrected chi connectivity index (χ2v) is 5.71. The van der Waals surface area contributed by atoms with E-state index in [-0.39, 0.29) is 10.4 Å². The lowest BCUT2D eigenvalue weighted by atomic mass is 9.69. The Kier molecular flexibility index (Phi) is 4.76. The Labute approximate surface area is 124 Å². The molecule has 112 valence electrons. The van der Waals surface area contributed by atoms with Crippen molar-refractivity contribution < 1.29 is 13.9 Å². The van der Waals surface area contributed by atoms with Crippen LogP contribution in [-0.2, 0) is 5.41 Å². The van der Waals surface area contributed by atoms with Gasteiger partial charge in [0.05, 0.1) is 19.2 Å². The van der Waals surface area contributed by atoms with E-state index in [1.807, 2.05) is 0 Å². The zero-order chi connectivity index (χ0) is 14.8. The molecule has 0 aliphatic heterocycles. The van der Waals surface area contributed by atoms with Crippen molar-refractivity contribution in [3.05, 3.63) is 22.5 Å². The van der Waals surface area contributed by atoms with Crippen LogP contribution in [0.5, 0.6) is 11.5 Å². The first kappa shape index (κ1) is 15.4. The second-order valence-electron chi connectivity index (χ2n) is 5.33. The maximum atomic E-state index is 14.1. The molecule has 1 aliphatic rings. The average molecular weight is 302 g/mol. The van der Waals surface area contributed by atoms with E-state index in [9.17, 15) is 4.39 Å². The molecule has 20 heavy (non-hydrogen) atoms. The van der Waals surface area contributed by atoms with Gasteiger partial charge in [-0.3, -0.25) is 0 Å². The number of benzene rings is 1. The Hall–Kier alpha value is -1.00. The van der Waals surface area contributed by atoms with Crippen LogP contribution in [0.1, 0.15) is 37.7 Å². The molecule has 0 atom stereocenters. The van der Waals surface area contributed by atoms with Crippen LogP contribution in [-0.4, -0.2) is 20.8 Å². The predicted octanol–water partition coefficient (Wildman–Crippen LogP) is 3.66. The van der Waals surface area contributed by atoms with Crippen LogP contribution < -0.4 is 15.2 Å². The highest BCUT2D eigenvalue weighted by Crippen LogP contribution is 2.49. The van der Waals surface area contributed by atoms with Gasteiger partial charge >= 0.3 is 0 Å². The minimum atomic E-state index is -0.488. The summed E-state index contributed by atoms with van der Waals surface area (Å²) in [5.74, 6) is 0.381. The summed E-state index contributed by atoms with van der Waals surface area (Å²) in [4.78, 5) is 0. The van der Waals surface area contributed by atoms with Gasteiger partial charge in [-0.1, -0.05) is 30.9 Å². The van der Waals surface area contributed by atoms with Crippen LogP contribution in [0.2, 0.25) is 5.02 Å². The molecule has 5 heteroatoms. The molecule has 1 aromatic carbocycles. The molecular formula is C15H21ClFNO2. The number of rotatable bonds is 4. The van der Waals surface area contributed by atoms with Crippen molar-refractivity contribution in [2.45, 2.75) is 37.5 Å². The molecule has 1 saturated carbocycles. The van der Waals surface area contributed by atoms with Crippen molar-refractivity contribution in [3.63, 3.8) is 0 Å². The summed E-state index contributed by atoms with van der Waals surface area (Å²) in [6, 6.07) is 1.26. The molecule has 1 aliphatic carbocycles. The van der Waals surface area contributed by atoms with Crippen LogP contribution in [0.4, 0.5) is 4.39 Å². The minimum Gasteiger partial charge on any atom is -0.493 e. The highest BCUT2D eigenvalue weighted by atomic mass is 35.5. The van der Waals surface area contributed by atoms with Gasteiger partial charge in [0.1, 0.15) is 5.82 Å². The van der Waals surface area contributed by atoms with Gasteiger partial charge in [-0.05, 0) is 12.8 Å². The van der Waals surface area contributed by atoms with E-state index in [0.29, 0.717) is 23.6 Å². The van der Waals surface area contributed by atoms with E-state index in [4.69, 9.17) is 26.8 Å². The highest BCUT2D eigenvalue weighted by Gasteiger charge is 2.39. The van der Waals surface area contributed by atoms with Crippen molar-refractivity contribution in [2.75, 3.05) is 20.8 Å². The van der Waals surface area contributed by atoms with Crippen LogP contribution in [0.3, 0.4) is 0 Å². The van der Waals surface area contributed by atoms with Gasteiger partial charge in [0, 0.05) is 23.6 Å². The predicted molar refractivity (Wildman–Crippen MR) is 78.3 cm³/mol. The quantitative estimate of drug-likeness (QED) is 0.923. The van der Waals surface area contributed by atoms with E-state index in [1.54, 1.807) is 7.11 Å². The SMILES string of the molecule is COc1cc(F)c(Cl)c(C2(CN)CCCCC2)c1OC. The zero-order valence-electron chi connectivity index (χ0n) is 12.0. The van der Waals surface area contributed by atoms with Gasteiger partial charge in [0.2, 0.25) is 0 Å². The summed E-state index contributed by atoms with van der Waals surface area (Å²) in [6.45, 7) is 0.426. The maximum absolute atomic E-state index is 14.1. The molecule has 2 rings (SSSR count). The van der Waals surface area contributed by atoms with Crippen LogP contribution in [0.25, 0.3) is 0 Å². The van der Waals surface area contributed by atoms with Crippen LogP contribution >= 0.6 is 11.6 Å². The lowest BCUT2D eigenvalue weighted by Gasteiger charge is -2.38. The van der Waals surface area contributed by atoms with Gasteiger partial charge in [0.15, 0.2) is 11.5 Å². The first-order valence-corrected chi connectivity index (χ1v) is 7.28. The van der Waals surface area contributed by atoms with Crippen LogP contribution in [0.15, 0.2) is 6.07 Å². The molecule has 0 heterocycles. The van der Waals surface area contributed by atoms with Gasteiger partial charge in [-0.2, -0.15) is 0 Å². The smallest absolute Gasteiger partial charge is 0.166 e. The first-order chi connectivity index (χ1) is 9.59. The number of halogens is 2. The largest absolute Gasteiger partial charge is 0.493 e. The summed E-state index contributed by atoms with van der Waals surface area (Å²) in [7, 11) is 3.04. The van der Waals surface area contributed by atoms with Crippen molar-refractivity contribution in [2.24, 2.45) is 5.73 Å². The first-order valence-electron chi connectivity index (χ1n) is 6.90. The summed E-state index contributed by atoms with van der Waals surface area (Å²) >= 11 is 6.24. The molecule has 3 nitrogen and oxygen atoms in total. The average Bonchev–Trinajstić information content (AvgIpc) is 2.49. The molecule has 1 aromatic rings. The number of nitrogens with two attached hydrogens (primary N) is 1. The Balaban J connectivity index is 2.66. The van der Waals surface area contributed by atoms with Gasteiger partial charge in [-0.15, -0.1) is 0 Å². The van der Waals surface area contributed by atoms with Crippen LogP contribution in [0, 0.1) is 5.82 Å². The second kappa shape index (κ2) is 6.19. The van der Waals surface area contributed by atoms with E-state index in [2.05, 4.69) is 0 Å². The van der Waals surface area contributed by atoms with E-state index >= 15 is 0 Å². The zero-order valence-corrected chi connectivity index (χ0v) is 12.7. The number of hydrogen-bond donors (Lipinski definition) is 1. The number of methoxy groups -OCH3 is 2. The number of hydrogen-bond acceptors (Lipinski definition) is 3. The molecule has 1 fully saturated rings. The lowest BCUT2D eigenvalue weighted by Crippen LogP contribution is -2.38. The van der Waals surface area contributed by atoms with Gasteiger partial charge in [-0.25, -0.2) is 4.39 Å². The molecule has 0 spiro atoms. The fraction of sp³-hybridized carbons (Fsp3) is 0.600. The summed E-state index contributed by atoms with van der Waals surface area (Å²) < 4.78 is 24.8. The van der Waals surface area contributed by atoms with E-state index < -0.39 is 5.82 Å². The summed E-state index contributed by atoms with van der Waals surface area (Å²) in [5, 5.41) is 0.106. The number of ether oxygens (including phenoxy) is 2. The fourth-order valence-electron chi connectivity index (χ4n) is 3.20. The Bertz CT molecular complexity index is 487. The fourth-order valence-corrected chi connectivity index (χ4v) is 3.54. The highest BCUT2D eigenvalue weighted by molar-refractivity contribution is 6.32. The molecule has 0 saturated heterocycles. The van der Waals surface area contributed by atoms with Crippen molar-refractivity contribution in [3.8, 4) is 11.5 Å². The Morgan fingerprint density at radius 3 is 2.40 bits per heavy atom. The third-order valence-electron chi connectivity index (χ3n) is 4.29. The molecule has 0 aromatic heterocycles. The van der Waals surface area contributed by atoms with Crippen molar-refractivity contribution >= 4 is 11.6 Å². The maximum Gasteiger partial charge on any atom is 0.166 e.